The van der Waals surface area contributed by atoms with Crippen molar-refractivity contribution in [2.45, 2.75) is 32.9 Å². The molecule has 3 heterocycles. The minimum Gasteiger partial charge on any atom is -0.392 e. The normalized spacial score (nSPS) is 10.9. The second-order valence-corrected chi connectivity index (χ2v) is 8.97. The predicted molar refractivity (Wildman–Crippen MR) is 127 cm³/mol. The molecule has 3 aromatic heterocycles. The van der Waals surface area contributed by atoms with Gasteiger partial charge in [0.15, 0.2) is 0 Å². The number of hydrogen-bond donors (Lipinski definition) is 2. The molecule has 0 aliphatic heterocycles. The van der Waals surface area contributed by atoms with Crippen LogP contribution in [0, 0.1) is 11.8 Å². The van der Waals surface area contributed by atoms with Gasteiger partial charge >= 0.3 is 0 Å². The molecule has 0 saturated heterocycles. The third-order valence-corrected chi connectivity index (χ3v) is 5.31. The molecule has 1 aromatic carbocycles. The number of aromatic nitrogens is 2. The first-order chi connectivity index (χ1) is 13.9. The van der Waals surface area contributed by atoms with Crippen LogP contribution in [-0.4, -0.2) is 20.0 Å². The Morgan fingerprint density at radius 2 is 1.90 bits per heavy atom. The summed E-state index contributed by atoms with van der Waals surface area (Å²) in [5, 5.41) is 12.9. The maximum Gasteiger partial charge on any atom is 0.140 e. The average Bonchev–Trinajstić information content (AvgIpc) is 3.30. The highest BCUT2D eigenvalue weighted by atomic mass is 35.5. The van der Waals surface area contributed by atoms with E-state index in [-0.39, 0.29) is 24.6 Å². The molecule has 0 aliphatic carbocycles. The van der Waals surface area contributed by atoms with Gasteiger partial charge in [0.2, 0.25) is 0 Å². The van der Waals surface area contributed by atoms with E-state index in [9.17, 15) is 5.11 Å². The average molecular weight is 438 g/mol. The van der Waals surface area contributed by atoms with Gasteiger partial charge in [-0.05, 0) is 62.7 Å². The lowest BCUT2D eigenvalue weighted by molar-refractivity contribution is 0.282. The van der Waals surface area contributed by atoms with Crippen molar-refractivity contribution in [1.82, 2.24) is 9.38 Å². The lowest BCUT2D eigenvalue weighted by Crippen LogP contribution is -2.27. The van der Waals surface area contributed by atoms with E-state index < -0.39 is 0 Å². The van der Waals surface area contributed by atoms with Crippen molar-refractivity contribution in [3.63, 3.8) is 0 Å². The zero-order valence-electron chi connectivity index (χ0n) is 17.1. The number of pyridine rings is 1. The Morgan fingerprint density at radius 1 is 1.07 bits per heavy atom. The lowest BCUT2D eigenvalue weighted by Gasteiger charge is -2.22. The Hall–Kier alpha value is -2.78. The number of rotatable bonds is 3. The van der Waals surface area contributed by atoms with E-state index in [0.29, 0.717) is 0 Å². The number of benzene rings is 1. The molecule has 0 bridgehead atoms. The highest BCUT2D eigenvalue weighted by molar-refractivity contribution is 7.16. The zero-order valence-corrected chi connectivity index (χ0v) is 18.8. The number of nitrogens with zero attached hydrogens (tertiary/aromatic N) is 2. The van der Waals surface area contributed by atoms with Gasteiger partial charge in [-0.15, -0.1) is 23.7 Å². The van der Waals surface area contributed by atoms with Gasteiger partial charge in [0, 0.05) is 17.3 Å². The van der Waals surface area contributed by atoms with E-state index in [1.807, 2.05) is 54.7 Å². The molecule has 154 valence electrons. The number of hydrogen-bond acceptors (Lipinski definition) is 4. The molecule has 0 saturated carbocycles. The summed E-state index contributed by atoms with van der Waals surface area (Å²) in [5.74, 6) is 7.41. The summed E-state index contributed by atoms with van der Waals surface area (Å²) in [4.78, 5) is 6.91. The summed E-state index contributed by atoms with van der Waals surface area (Å²) in [6.45, 7) is 6.46. The van der Waals surface area contributed by atoms with Crippen LogP contribution in [0.1, 0.15) is 36.8 Å². The van der Waals surface area contributed by atoms with Gasteiger partial charge in [0.1, 0.15) is 17.2 Å². The van der Waals surface area contributed by atoms with Crippen molar-refractivity contribution in [2.24, 2.45) is 0 Å². The van der Waals surface area contributed by atoms with Crippen molar-refractivity contribution in [2.75, 3.05) is 5.32 Å². The Morgan fingerprint density at radius 3 is 2.67 bits per heavy atom. The van der Waals surface area contributed by atoms with Crippen molar-refractivity contribution in [1.29, 1.82) is 0 Å². The Bertz CT molecular complexity index is 1220. The van der Waals surface area contributed by atoms with Crippen LogP contribution < -0.4 is 5.32 Å². The summed E-state index contributed by atoms with van der Waals surface area (Å²) >= 11 is 1.63. The molecule has 0 atom stereocenters. The maximum atomic E-state index is 9.28. The van der Waals surface area contributed by atoms with Gasteiger partial charge in [-0.2, -0.15) is 0 Å². The highest BCUT2D eigenvalue weighted by Gasteiger charge is 2.20. The summed E-state index contributed by atoms with van der Waals surface area (Å²) in [6, 6.07) is 17.8. The van der Waals surface area contributed by atoms with E-state index in [4.69, 9.17) is 4.98 Å². The molecule has 0 amide bonds. The van der Waals surface area contributed by atoms with Crippen molar-refractivity contribution < 1.29 is 5.11 Å². The van der Waals surface area contributed by atoms with E-state index in [1.165, 1.54) is 0 Å². The van der Waals surface area contributed by atoms with E-state index in [1.54, 1.807) is 11.3 Å². The van der Waals surface area contributed by atoms with Crippen molar-refractivity contribution in [3.8, 4) is 22.4 Å². The molecular weight excluding hydrogens is 414 g/mol. The predicted octanol–water partition coefficient (Wildman–Crippen LogP) is 5.59. The van der Waals surface area contributed by atoms with Crippen molar-refractivity contribution >= 4 is 35.2 Å². The van der Waals surface area contributed by atoms with Crippen LogP contribution in [0.15, 0.2) is 60.8 Å². The minimum absolute atomic E-state index is 0. The van der Waals surface area contributed by atoms with Crippen LogP contribution in [0.25, 0.3) is 16.2 Å². The Labute approximate surface area is 187 Å². The molecule has 6 heteroatoms. The molecule has 4 aromatic rings. The summed E-state index contributed by atoms with van der Waals surface area (Å²) in [5.41, 5.74) is 3.53. The first-order valence-corrected chi connectivity index (χ1v) is 10.3. The van der Waals surface area contributed by atoms with Gasteiger partial charge in [-0.3, -0.25) is 4.40 Å². The second-order valence-electron chi connectivity index (χ2n) is 7.89. The quantitative estimate of drug-likeness (QED) is 0.411. The smallest absolute Gasteiger partial charge is 0.140 e. The van der Waals surface area contributed by atoms with Crippen LogP contribution in [0.3, 0.4) is 0 Å². The summed E-state index contributed by atoms with van der Waals surface area (Å²) < 4.78 is 2.09. The fourth-order valence-corrected chi connectivity index (χ4v) is 3.91. The number of nitrogens with one attached hydrogen (secondary N) is 1. The van der Waals surface area contributed by atoms with E-state index in [2.05, 4.69) is 48.4 Å². The minimum atomic E-state index is -0.0851. The number of thiophene rings is 1. The van der Waals surface area contributed by atoms with E-state index in [0.717, 1.165) is 38.0 Å². The fraction of sp³-hybridized carbons (Fsp3) is 0.208. The first-order valence-electron chi connectivity index (χ1n) is 9.50. The molecule has 4 rings (SSSR count). The Balaban J connectivity index is 0.00000256. The fourth-order valence-electron chi connectivity index (χ4n) is 3.06. The first kappa shape index (κ1) is 21.9. The SMILES string of the molecule is CC(C)(C)Nc1c(-c2ccc(C#Cc3cccc(CO)c3)s2)nc2ccccn12.Cl. The summed E-state index contributed by atoms with van der Waals surface area (Å²) in [7, 11) is 0. The van der Waals surface area contributed by atoms with Crippen LogP contribution >= 0.6 is 23.7 Å². The van der Waals surface area contributed by atoms with Gasteiger partial charge in [0.25, 0.3) is 0 Å². The van der Waals surface area contributed by atoms with Gasteiger partial charge in [-0.25, -0.2) is 4.98 Å². The molecule has 0 aliphatic rings. The molecule has 4 nitrogen and oxygen atoms in total. The lowest BCUT2D eigenvalue weighted by atomic mass is 10.1. The molecule has 0 unspecified atom stereocenters. The van der Waals surface area contributed by atoms with Gasteiger partial charge in [-0.1, -0.05) is 30.0 Å². The van der Waals surface area contributed by atoms with Gasteiger partial charge in [0.05, 0.1) is 16.4 Å². The third kappa shape index (κ3) is 4.85. The van der Waals surface area contributed by atoms with E-state index >= 15 is 0 Å². The standard InChI is InChI=1S/C24H23N3OS.ClH/c1-24(2,3)26-23-22(25-21-9-4-5-14-27(21)23)20-13-12-19(29-20)11-10-17-7-6-8-18(15-17)16-28;/h4-9,12-15,26,28H,16H2,1-3H3;1H. The van der Waals surface area contributed by atoms with Crippen LogP contribution in [-0.2, 0) is 6.61 Å². The third-order valence-electron chi connectivity index (χ3n) is 4.30. The number of imidazole rings is 1. The van der Waals surface area contributed by atoms with Crippen molar-refractivity contribution in [3.05, 3.63) is 76.8 Å². The number of halogens is 1. The largest absolute Gasteiger partial charge is 0.392 e. The molecule has 2 N–H and O–H groups in total. The second kappa shape index (κ2) is 8.93. The molecule has 30 heavy (non-hydrogen) atoms. The molecular formula is C24H24ClN3OS. The number of aliphatic hydroxyl groups excluding tert-OH is 1. The molecule has 0 radical (unpaired) electrons. The number of fused-ring (bicyclic) bond motifs is 1. The zero-order chi connectivity index (χ0) is 20.4. The highest BCUT2D eigenvalue weighted by Crippen LogP contribution is 2.35. The van der Waals surface area contributed by atoms with Gasteiger partial charge < -0.3 is 10.4 Å². The molecule has 0 spiro atoms. The maximum absolute atomic E-state index is 9.28. The number of anilines is 1. The van der Waals surface area contributed by atoms with Crippen LogP contribution in [0.5, 0.6) is 0 Å². The Kier molecular flexibility index (Phi) is 6.52. The van der Waals surface area contributed by atoms with Crippen LogP contribution in [0.4, 0.5) is 5.82 Å². The molecule has 0 fully saturated rings. The summed E-state index contributed by atoms with van der Waals surface area (Å²) in [6.07, 6.45) is 2.03. The van der Waals surface area contributed by atoms with Crippen LogP contribution in [0.2, 0.25) is 0 Å². The topological polar surface area (TPSA) is 49.6 Å². The monoisotopic (exact) mass is 437 g/mol. The number of aliphatic hydroxyl groups is 1.